The van der Waals surface area contributed by atoms with E-state index in [0.29, 0.717) is 5.69 Å². The van der Waals surface area contributed by atoms with E-state index in [9.17, 15) is 4.79 Å². The van der Waals surface area contributed by atoms with Gasteiger partial charge in [-0.05, 0) is 0 Å². The third kappa shape index (κ3) is 1.62. The van der Waals surface area contributed by atoms with Gasteiger partial charge in [0.15, 0.2) is 0 Å². The highest BCUT2D eigenvalue weighted by atomic mass is 16.5. The largest absolute Gasteiger partial charge is 0.468 e. The van der Waals surface area contributed by atoms with Gasteiger partial charge in [0.25, 0.3) is 0 Å². The Morgan fingerprint density at radius 3 is 3.08 bits per heavy atom. The van der Waals surface area contributed by atoms with Gasteiger partial charge in [0.2, 0.25) is 0 Å². The first-order valence-corrected chi connectivity index (χ1v) is 3.55. The SMILES string of the molecule is COC(=O)[C@H](CN)c1cnc[nH]1. The first-order chi connectivity index (χ1) is 5.79. The van der Waals surface area contributed by atoms with Gasteiger partial charge in [-0.2, -0.15) is 0 Å². The molecule has 0 aliphatic rings. The van der Waals surface area contributed by atoms with Crippen LogP contribution in [0.25, 0.3) is 0 Å². The number of rotatable bonds is 3. The molecule has 3 N–H and O–H groups in total. The average Bonchev–Trinajstić information content (AvgIpc) is 2.58. The second kappa shape index (κ2) is 3.87. The van der Waals surface area contributed by atoms with Gasteiger partial charge in [-0.1, -0.05) is 0 Å². The number of H-pyrrole nitrogens is 1. The maximum atomic E-state index is 11.1. The molecule has 1 heterocycles. The number of aromatic amines is 1. The van der Waals surface area contributed by atoms with E-state index >= 15 is 0 Å². The van der Waals surface area contributed by atoms with Crippen LogP contribution < -0.4 is 5.73 Å². The van der Waals surface area contributed by atoms with E-state index in [1.165, 1.54) is 13.4 Å². The van der Waals surface area contributed by atoms with Crippen LogP contribution in [0.4, 0.5) is 0 Å². The number of hydrogen-bond acceptors (Lipinski definition) is 4. The Labute approximate surface area is 69.9 Å². The van der Waals surface area contributed by atoms with Gasteiger partial charge in [0.05, 0.1) is 19.1 Å². The number of esters is 1. The number of carbonyl (C=O) groups excluding carboxylic acids is 1. The minimum absolute atomic E-state index is 0.217. The van der Waals surface area contributed by atoms with Crippen LogP contribution in [0, 0.1) is 0 Å². The number of ether oxygens (including phenoxy) is 1. The second-order valence-corrected chi connectivity index (χ2v) is 2.32. The summed E-state index contributed by atoms with van der Waals surface area (Å²) in [4.78, 5) is 17.7. The Bertz CT molecular complexity index is 245. The zero-order valence-corrected chi connectivity index (χ0v) is 6.78. The van der Waals surface area contributed by atoms with Crippen LogP contribution in [-0.2, 0) is 9.53 Å². The third-order valence-corrected chi connectivity index (χ3v) is 1.62. The standard InChI is InChI=1S/C7H11N3O2/c1-12-7(11)5(2-8)6-3-9-4-10-6/h3-5H,2,8H2,1H3,(H,9,10)/t5-/m1/s1. The summed E-state index contributed by atoms with van der Waals surface area (Å²) >= 11 is 0. The van der Waals surface area contributed by atoms with Crippen LogP contribution in [0.15, 0.2) is 12.5 Å². The molecular formula is C7H11N3O2. The van der Waals surface area contributed by atoms with Crippen molar-refractivity contribution < 1.29 is 9.53 Å². The summed E-state index contributed by atoms with van der Waals surface area (Å²) in [5, 5.41) is 0. The van der Waals surface area contributed by atoms with E-state index in [2.05, 4.69) is 14.7 Å². The molecule has 0 unspecified atom stereocenters. The van der Waals surface area contributed by atoms with Gasteiger partial charge in [-0.25, -0.2) is 4.98 Å². The van der Waals surface area contributed by atoms with Crippen molar-refractivity contribution in [1.29, 1.82) is 0 Å². The molecule has 0 aromatic carbocycles. The fourth-order valence-corrected chi connectivity index (χ4v) is 0.950. The zero-order chi connectivity index (χ0) is 8.97. The van der Waals surface area contributed by atoms with Crippen molar-refractivity contribution in [3.63, 3.8) is 0 Å². The summed E-state index contributed by atoms with van der Waals surface area (Å²) in [6.45, 7) is 0.217. The highest BCUT2D eigenvalue weighted by Crippen LogP contribution is 2.11. The minimum atomic E-state index is -0.433. The molecule has 1 atom stereocenters. The van der Waals surface area contributed by atoms with Gasteiger partial charge in [-0.3, -0.25) is 4.79 Å². The van der Waals surface area contributed by atoms with Crippen LogP contribution in [0.3, 0.4) is 0 Å². The minimum Gasteiger partial charge on any atom is -0.468 e. The predicted molar refractivity (Wildman–Crippen MR) is 42.4 cm³/mol. The molecule has 5 heteroatoms. The summed E-state index contributed by atoms with van der Waals surface area (Å²) in [5.74, 6) is -0.778. The lowest BCUT2D eigenvalue weighted by Crippen LogP contribution is -2.23. The Kier molecular flexibility index (Phi) is 2.82. The number of aromatic nitrogens is 2. The van der Waals surface area contributed by atoms with E-state index in [1.54, 1.807) is 6.20 Å². The molecule has 1 aromatic heterocycles. The van der Waals surface area contributed by atoms with Crippen LogP contribution in [0.1, 0.15) is 11.6 Å². The van der Waals surface area contributed by atoms with Crippen molar-refractivity contribution >= 4 is 5.97 Å². The van der Waals surface area contributed by atoms with E-state index < -0.39 is 5.92 Å². The first-order valence-electron chi connectivity index (χ1n) is 3.55. The van der Waals surface area contributed by atoms with Crippen LogP contribution in [0.2, 0.25) is 0 Å². The van der Waals surface area contributed by atoms with Gasteiger partial charge in [0.1, 0.15) is 5.92 Å². The number of nitrogens with zero attached hydrogens (tertiary/aromatic N) is 1. The average molecular weight is 169 g/mol. The topological polar surface area (TPSA) is 81.0 Å². The van der Waals surface area contributed by atoms with Gasteiger partial charge in [0, 0.05) is 12.7 Å². The summed E-state index contributed by atoms with van der Waals surface area (Å²) in [6, 6.07) is 0. The highest BCUT2D eigenvalue weighted by molar-refractivity contribution is 5.77. The molecule has 0 amide bonds. The number of nitrogens with one attached hydrogen (secondary N) is 1. The molecule has 0 fully saturated rings. The molecule has 0 bridgehead atoms. The fourth-order valence-electron chi connectivity index (χ4n) is 0.950. The monoisotopic (exact) mass is 169 g/mol. The van der Waals surface area contributed by atoms with E-state index in [-0.39, 0.29) is 12.5 Å². The molecule has 5 nitrogen and oxygen atoms in total. The van der Waals surface area contributed by atoms with Crippen LogP contribution in [-0.4, -0.2) is 29.6 Å². The summed E-state index contributed by atoms with van der Waals surface area (Å²) in [6.07, 6.45) is 3.06. The van der Waals surface area contributed by atoms with Crippen molar-refractivity contribution in [2.45, 2.75) is 5.92 Å². The lowest BCUT2D eigenvalue weighted by atomic mass is 10.1. The van der Waals surface area contributed by atoms with Crippen LogP contribution in [0.5, 0.6) is 0 Å². The number of hydrogen-bond donors (Lipinski definition) is 2. The summed E-state index contributed by atoms with van der Waals surface area (Å²) in [5.41, 5.74) is 6.08. The lowest BCUT2D eigenvalue weighted by molar-refractivity contribution is -0.142. The smallest absolute Gasteiger partial charge is 0.316 e. The van der Waals surface area contributed by atoms with Crippen molar-refractivity contribution in [3.05, 3.63) is 18.2 Å². The molecule has 66 valence electrons. The highest BCUT2D eigenvalue weighted by Gasteiger charge is 2.20. The molecule has 1 aromatic rings. The molecule has 1 rings (SSSR count). The molecule has 0 spiro atoms. The Morgan fingerprint density at radius 1 is 1.92 bits per heavy atom. The van der Waals surface area contributed by atoms with E-state index in [1.807, 2.05) is 0 Å². The van der Waals surface area contributed by atoms with E-state index in [4.69, 9.17) is 5.73 Å². The second-order valence-electron chi connectivity index (χ2n) is 2.32. The molecule has 0 saturated heterocycles. The summed E-state index contributed by atoms with van der Waals surface area (Å²) < 4.78 is 4.56. The zero-order valence-electron chi connectivity index (χ0n) is 6.78. The van der Waals surface area contributed by atoms with E-state index in [0.717, 1.165) is 0 Å². The van der Waals surface area contributed by atoms with Gasteiger partial charge in [-0.15, -0.1) is 0 Å². The maximum absolute atomic E-state index is 11.1. The Hall–Kier alpha value is -1.36. The fraction of sp³-hybridized carbons (Fsp3) is 0.429. The Balaban J connectivity index is 2.76. The third-order valence-electron chi connectivity index (χ3n) is 1.62. The predicted octanol–water partition coefficient (Wildman–Crippen LogP) is -0.375. The number of nitrogens with two attached hydrogens (primary N) is 1. The molecule has 0 aliphatic carbocycles. The van der Waals surface area contributed by atoms with Crippen molar-refractivity contribution in [1.82, 2.24) is 9.97 Å². The number of imidazole rings is 1. The molecular weight excluding hydrogens is 158 g/mol. The lowest BCUT2D eigenvalue weighted by Gasteiger charge is -2.08. The molecule has 0 aliphatic heterocycles. The Morgan fingerprint density at radius 2 is 2.67 bits per heavy atom. The molecule has 0 saturated carbocycles. The number of carbonyl (C=O) groups is 1. The van der Waals surface area contributed by atoms with Crippen molar-refractivity contribution in [2.75, 3.05) is 13.7 Å². The number of methoxy groups -OCH3 is 1. The maximum Gasteiger partial charge on any atom is 0.316 e. The molecule has 0 radical (unpaired) electrons. The molecule has 12 heavy (non-hydrogen) atoms. The first kappa shape index (κ1) is 8.73. The summed E-state index contributed by atoms with van der Waals surface area (Å²) in [7, 11) is 1.33. The van der Waals surface area contributed by atoms with Crippen LogP contribution >= 0.6 is 0 Å². The van der Waals surface area contributed by atoms with Crippen molar-refractivity contribution in [2.24, 2.45) is 5.73 Å². The van der Waals surface area contributed by atoms with Gasteiger partial charge < -0.3 is 15.5 Å². The normalized spacial score (nSPS) is 12.5. The van der Waals surface area contributed by atoms with Crippen molar-refractivity contribution in [3.8, 4) is 0 Å². The van der Waals surface area contributed by atoms with Gasteiger partial charge >= 0.3 is 5.97 Å². The quantitative estimate of drug-likeness (QED) is 0.604.